The molecule has 0 aliphatic heterocycles. The molecule has 2 amide bonds. The molecule has 0 aliphatic carbocycles. The fraction of sp³-hybridized carbons (Fsp3) is 0.294. The van der Waals surface area contributed by atoms with Gasteiger partial charge >= 0.3 is 6.03 Å². The van der Waals surface area contributed by atoms with Gasteiger partial charge in [0, 0.05) is 18.8 Å². The minimum atomic E-state index is -0.507. The van der Waals surface area contributed by atoms with Crippen molar-refractivity contribution < 1.29 is 14.3 Å². The lowest BCUT2D eigenvalue weighted by Gasteiger charge is -2.14. The Morgan fingerprint density at radius 2 is 2.00 bits per heavy atom. The molecule has 0 radical (unpaired) electrons. The number of carbonyl (C=O) groups excluding carboxylic acids is 1. The normalized spacial score (nSPS) is 11.8. The van der Waals surface area contributed by atoms with Gasteiger partial charge in [-0.2, -0.15) is 0 Å². The fourth-order valence-electron chi connectivity index (χ4n) is 2.19. The molecule has 24 heavy (non-hydrogen) atoms. The molecule has 2 rings (SSSR count). The van der Waals surface area contributed by atoms with Gasteiger partial charge in [-0.3, -0.25) is 4.79 Å². The van der Waals surface area contributed by atoms with Gasteiger partial charge < -0.3 is 20.3 Å². The highest BCUT2D eigenvalue weighted by Crippen LogP contribution is 2.06. The SMILES string of the molecule is C[C@H](CCO)NC(=O)Nc1cccn(Cc2ccc(F)cc2)c1=O. The van der Waals surface area contributed by atoms with E-state index >= 15 is 0 Å². The molecule has 0 bridgehead atoms. The zero-order valence-corrected chi connectivity index (χ0v) is 13.3. The number of anilines is 1. The summed E-state index contributed by atoms with van der Waals surface area (Å²) >= 11 is 0. The maximum Gasteiger partial charge on any atom is 0.319 e. The van der Waals surface area contributed by atoms with Gasteiger partial charge in [-0.1, -0.05) is 12.1 Å². The van der Waals surface area contributed by atoms with Crippen molar-refractivity contribution in [1.29, 1.82) is 0 Å². The van der Waals surface area contributed by atoms with Crippen LogP contribution in [0, 0.1) is 5.82 Å². The van der Waals surface area contributed by atoms with Crippen LogP contribution in [0.1, 0.15) is 18.9 Å². The molecule has 0 saturated carbocycles. The summed E-state index contributed by atoms with van der Waals surface area (Å²) in [5.41, 5.74) is 0.566. The molecule has 128 valence electrons. The summed E-state index contributed by atoms with van der Waals surface area (Å²) in [5.74, 6) is -0.338. The molecule has 0 saturated heterocycles. The lowest BCUT2D eigenvalue weighted by molar-refractivity contribution is 0.241. The number of nitrogens with one attached hydrogen (secondary N) is 2. The number of hydrogen-bond donors (Lipinski definition) is 3. The van der Waals surface area contributed by atoms with E-state index in [2.05, 4.69) is 10.6 Å². The van der Waals surface area contributed by atoms with Crippen LogP contribution in [-0.4, -0.2) is 28.4 Å². The quantitative estimate of drug-likeness (QED) is 0.755. The Bertz CT molecular complexity index is 743. The van der Waals surface area contributed by atoms with Gasteiger partial charge in [0.25, 0.3) is 5.56 Å². The average molecular weight is 333 g/mol. The highest BCUT2D eigenvalue weighted by Gasteiger charge is 2.10. The molecule has 7 heteroatoms. The number of rotatable bonds is 6. The number of aromatic nitrogens is 1. The second-order valence-electron chi connectivity index (χ2n) is 5.49. The fourth-order valence-corrected chi connectivity index (χ4v) is 2.19. The van der Waals surface area contributed by atoms with Crippen molar-refractivity contribution in [2.45, 2.75) is 25.9 Å². The summed E-state index contributed by atoms with van der Waals surface area (Å²) < 4.78 is 14.4. The summed E-state index contributed by atoms with van der Waals surface area (Å²) in [7, 11) is 0. The Morgan fingerprint density at radius 3 is 2.67 bits per heavy atom. The predicted molar refractivity (Wildman–Crippen MR) is 89.5 cm³/mol. The zero-order valence-electron chi connectivity index (χ0n) is 13.3. The first-order chi connectivity index (χ1) is 11.5. The van der Waals surface area contributed by atoms with Crippen LogP contribution < -0.4 is 16.2 Å². The number of urea groups is 1. The van der Waals surface area contributed by atoms with Gasteiger partial charge in [0.05, 0.1) is 6.54 Å². The molecule has 0 aliphatic rings. The number of halogens is 1. The van der Waals surface area contributed by atoms with Crippen molar-refractivity contribution in [1.82, 2.24) is 9.88 Å². The molecule has 0 spiro atoms. The monoisotopic (exact) mass is 333 g/mol. The first-order valence-corrected chi connectivity index (χ1v) is 7.62. The Hall–Kier alpha value is -2.67. The lowest BCUT2D eigenvalue weighted by atomic mass is 10.2. The maximum absolute atomic E-state index is 12.9. The number of pyridine rings is 1. The van der Waals surface area contributed by atoms with E-state index in [-0.39, 0.29) is 36.3 Å². The van der Waals surface area contributed by atoms with E-state index in [4.69, 9.17) is 5.11 Å². The molecule has 1 atom stereocenters. The van der Waals surface area contributed by atoms with E-state index in [0.29, 0.717) is 6.42 Å². The molecule has 2 aromatic rings. The molecular formula is C17H20FN3O3. The van der Waals surface area contributed by atoms with Gasteiger partial charge in [0.2, 0.25) is 0 Å². The van der Waals surface area contributed by atoms with E-state index in [1.54, 1.807) is 31.3 Å². The van der Waals surface area contributed by atoms with Gasteiger partial charge in [0.1, 0.15) is 11.5 Å². The van der Waals surface area contributed by atoms with Gasteiger partial charge in [-0.15, -0.1) is 0 Å². The number of amides is 2. The number of carbonyl (C=O) groups is 1. The van der Waals surface area contributed by atoms with Crippen molar-refractivity contribution >= 4 is 11.7 Å². The van der Waals surface area contributed by atoms with Crippen molar-refractivity contribution in [3.05, 3.63) is 64.3 Å². The van der Waals surface area contributed by atoms with E-state index < -0.39 is 6.03 Å². The first-order valence-electron chi connectivity index (χ1n) is 7.62. The topological polar surface area (TPSA) is 83.4 Å². The van der Waals surface area contributed by atoms with E-state index in [9.17, 15) is 14.0 Å². The molecule has 1 aromatic carbocycles. The van der Waals surface area contributed by atoms with E-state index in [1.807, 2.05) is 0 Å². The average Bonchev–Trinajstić information content (AvgIpc) is 2.53. The number of aliphatic hydroxyl groups is 1. The summed E-state index contributed by atoms with van der Waals surface area (Å²) in [5, 5.41) is 14.0. The number of benzene rings is 1. The third kappa shape index (κ3) is 4.92. The Morgan fingerprint density at radius 1 is 1.29 bits per heavy atom. The molecular weight excluding hydrogens is 313 g/mol. The minimum absolute atomic E-state index is 0.0305. The Labute approximate surface area is 138 Å². The summed E-state index contributed by atoms with van der Waals surface area (Å²) in [6.07, 6.45) is 2.03. The largest absolute Gasteiger partial charge is 0.396 e. The van der Waals surface area contributed by atoms with Gasteiger partial charge in [0.15, 0.2) is 0 Å². The minimum Gasteiger partial charge on any atom is -0.396 e. The number of hydrogen-bond acceptors (Lipinski definition) is 3. The Kier molecular flexibility index (Phi) is 6.08. The molecule has 3 N–H and O–H groups in total. The van der Waals surface area contributed by atoms with Gasteiger partial charge in [-0.25, -0.2) is 9.18 Å². The Balaban J connectivity index is 2.08. The van der Waals surface area contributed by atoms with Crippen molar-refractivity contribution in [2.75, 3.05) is 11.9 Å². The van der Waals surface area contributed by atoms with Crippen LogP contribution in [0.5, 0.6) is 0 Å². The molecule has 0 unspecified atom stereocenters. The van der Waals surface area contributed by atoms with Crippen LogP contribution in [0.15, 0.2) is 47.4 Å². The van der Waals surface area contributed by atoms with E-state index in [0.717, 1.165) is 5.56 Å². The molecule has 1 aromatic heterocycles. The van der Waals surface area contributed by atoms with Crippen LogP contribution >= 0.6 is 0 Å². The lowest BCUT2D eigenvalue weighted by Crippen LogP contribution is -2.38. The van der Waals surface area contributed by atoms with E-state index in [1.165, 1.54) is 22.8 Å². The number of aliphatic hydroxyl groups excluding tert-OH is 1. The highest BCUT2D eigenvalue weighted by molar-refractivity contribution is 5.89. The second kappa shape index (κ2) is 8.26. The van der Waals surface area contributed by atoms with Crippen molar-refractivity contribution in [3.63, 3.8) is 0 Å². The summed E-state index contributed by atoms with van der Waals surface area (Å²) in [6, 6.07) is 8.32. The van der Waals surface area contributed by atoms with Crippen LogP contribution in [0.3, 0.4) is 0 Å². The van der Waals surface area contributed by atoms with Crippen LogP contribution in [0.4, 0.5) is 14.9 Å². The molecule has 6 nitrogen and oxygen atoms in total. The predicted octanol–water partition coefficient (Wildman–Crippen LogP) is 1.93. The standard InChI is InChI=1S/C17H20FN3O3/c1-12(8-10-22)19-17(24)20-15-3-2-9-21(16(15)23)11-13-4-6-14(18)7-5-13/h2-7,9,12,22H,8,10-11H2,1H3,(H2,19,20,24)/t12-/m1/s1. The third-order valence-electron chi connectivity index (χ3n) is 3.47. The zero-order chi connectivity index (χ0) is 17.5. The van der Waals surface area contributed by atoms with Gasteiger partial charge in [-0.05, 0) is 43.2 Å². The maximum atomic E-state index is 12.9. The highest BCUT2D eigenvalue weighted by atomic mass is 19.1. The number of nitrogens with zero attached hydrogens (tertiary/aromatic N) is 1. The van der Waals surface area contributed by atoms with Crippen molar-refractivity contribution in [3.8, 4) is 0 Å². The molecule has 0 fully saturated rings. The summed E-state index contributed by atoms with van der Waals surface area (Å²) in [6.45, 7) is 2.00. The summed E-state index contributed by atoms with van der Waals surface area (Å²) in [4.78, 5) is 24.3. The second-order valence-corrected chi connectivity index (χ2v) is 5.49. The van der Waals surface area contributed by atoms with Crippen molar-refractivity contribution in [2.24, 2.45) is 0 Å². The van der Waals surface area contributed by atoms with Crippen LogP contribution in [0.2, 0.25) is 0 Å². The smallest absolute Gasteiger partial charge is 0.319 e. The third-order valence-corrected chi connectivity index (χ3v) is 3.47. The van der Waals surface area contributed by atoms with Crippen LogP contribution in [0.25, 0.3) is 0 Å². The molecule has 1 heterocycles. The first kappa shape index (κ1) is 17.7. The van der Waals surface area contributed by atoms with Crippen LogP contribution in [-0.2, 0) is 6.54 Å².